The number of benzene rings is 6. The number of nitrogens with zero attached hydrogens (tertiary/aromatic N) is 6. The molecule has 0 atom stereocenters. The van der Waals surface area contributed by atoms with Crippen LogP contribution in [0.5, 0.6) is 0 Å². The summed E-state index contributed by atoms with van der Waals surface area (Å²) in [5.41, 5.74) is 9.36. The second kappa shape index (κ2) is 50.0. The quantitative estimate of drug-likeness (QED) is 0.0237. The molecule has 0 radical (unpaired) electrons. The number of aromatic nitrogens is 12. The average molecular weight is 1990 g/mol. The highest BCUT2D eigenvalue weighted by molar-refractivity contribution is 6.31. The van der Waals surface area contributed by atoms with Crippen LogP contribution in [0, 0.1) is 75.2 Å². The van der Waals surface area contributed by atoms with Gasteiger partial charge in [-0.15, -0.1) is 0 Å². The molecule has 1 fully saturated rings. The summed E-state index contributed by atoms with van der Waals surface area (Å²) in [5, 5.41) is 0.440. The van der Waals surface area contributed by atoms with Gasteiger partial charge < -0.3 is 0 Å². The van der Waals surface area contributed by atoms with Crippen LogP contribution in [0.2, 0.25) is 5.02 Å². The van der Waals surface area contributed by atoms with Crippen molar-refractivity contribution in [2.45, 2.75) is 300 Å². The first kappa shape index (κ1) is 115. The van der Waals surface area contributed by atoms with E-state index >= 15 is 0 Å². The Morgan fingerprint density at radius 2 is 0.493 bits per heavy atom. The first-order chi connectivity index (χ1) is 67.6. The van der Waals surface area contributed by atoms with Crippen LogP contribution >= 0.6 is 11.6 Å². The number of ketones is 6. The lowest BCUT2D eigenvalue weighted by atomic mass is 9.95. The number of unbranched alkanes of at least 4 members (excludes halogenated alkanes) is 1. The summed E-state index contributed by atoms with van der Waals surface area (Å²) >= 11 is 6.03. The Balaban J connectivity index is 0.000000211. The first-order valence-corrected chi connectivity index (χ1v) is 49.3. The maximum atomic E-state index is 13.3. The standard InChI is InChI=1S/C20H24N2O3.C20H26N2O3.C19H24N2O3.C18H21FN2O3.C18H22N2O3.C17H19ClN2O3/c1-11(2)16-17(18(23)15-8-12(3)7-13(4)9-15)22(10-14-5-6-14)20(25)21-19(16)24;1-6-7-8-22-17(16(12(2)3)19(24)21-20(22)25)18(23)15-10-13(4)9-14(5)11-15;1-6-7-21-16(15(11(2)3)18(23)20-19(21)24)17(22)14-9-12(4)8-13(5)10-14;1-5-21-15(14(10(2)3)17(23)20-18(21)24)16(22)13-7-11(4)6-12(8-13)9-19;1-6-20-15(14(10(2)3)17(22)19-18(20)23)16(21)13-8-11(4)7-12(5)9-13;1-5-20-14(13(9(2)3)16(22)19-17(20)23)15(21)11-6-10(4)7-12(18)8-11/h7-9,11,14H,5-6,10H2,1-4H3,(H,21,24,25);9-12H,6-8H2,1-5H3,(H,21,24,25);8-11H,6-7H2,1-5H3,(H,20,23,24);6-8,10H,5,9H2,1-4H3,(H,20,23,24);7-10H,6H2,1-5H3,(H,19,22,23);6-9H,5H2,1-4H3,(H,19,22,23). The third-order valence-electron chi connectivity index (χ3n) is 24.2. The maximum Gasteiger partial charge on any atom is 0.328 e. The zero-order chi connectivity index (χ0) is 108. The number of H-pyrrole nitrogens is 6. The molecule has 1 aliphatic carbocycles. The molecule has 0 unspecified atom stereocenters. The summed E-state index contributed by atoms with van der Waals surface area (Å²) in [5.74, 6) is -2.57. The van der Waals surface area contributed by atoms with Crippen molar-refractivity contribution < 1.29 is 33.2 Å². The zero-order valence-corrected chi connectivity index (χ0v) is 88.5. The minimum absolute atomic E-state index is 0.0802. The first-order valence-electron chi connectivity index (χ1n) is 48.9. The van der Waals surface area contributed by atoms with E-state index in [4.69, 9.17) is 11.6 Å². The normalized spacial score (nSPS) is 11.6. The van der Waals surface area contributed by atoms with E-state index in [0.29, 0.717) is 105 Å². The summed E-state index contributed by atoms with van der Waals surface area (Å²) in [6, 6.07) is 32.1. The maximum absolute atomic E-state index is 13.3. The minimum atomic E-state index is -0.686. The van der Waals surface area contributed by atoms with E-state index in [2.05, 4.69) is 29.9 Å². The van der Waals surface area contributed by atoms with Crippen molar-refractivity contribution in [1.29, 1.82) is 0 Å². The lowest BCUT2D eigenvalue weighted by molar-refractivity contribution is 0.101. The van der Waals surface area contributed by atoms with Gasteiger partial charge in [0.15, 0.2) is 0 Å². The number of rotatable bonds is 29. The Hall–Kier alpha value is -14.4. The fraction of sp³-hybridized carbons (Fsp3) is 0.411. The van der Waals surface area contributed by atoms with Crippen LogP contribution in [-0.4, -0.2) is 92.0 Å². The average Bonchev–Trinajstić information content (AvgIpc) is 1.26. The van der Waals surface area contributed by atoms with Gasteiger partial charge in [-0.1, -0.05) is 195 Å². The molecule has 144 heavy (non-hydrogen) atoms. The second-order valence-corrected chi connectivity index (χ2v) is 39.3. The molecular weight excluding hydrogens is 1860 g/mol. The highest BCUT2D eigenvalue weighted by atomic mass is 35.5. The molecule has 0 aliphatic heterocycles. The summed E-state index contributed by atoms with van der Waals surface area (Å²) in [4.78, 5) is 240. The number of hydrogen-bond acceptors (Lipinski definition) is 18. The molecule has 1 saturated carbocycles. The van der Waals surface area contributed by atoms with Crippen LogP contribution in [0.15, 0.2) is 167 Å². The summed E-state index contributed by atoms with van der Waals surface area (Å²) in [6.45, 7) is 51.7. The van der Waals surface area contributed by atoms with Crippen molar-refractivity contribution >= 4 is 46.3 Å². The highest BCUT2D eigenvalue weighted by Gasteiger charge is 2.34. The Morgan fingerprint density at radius 3 is 0.715 bits per heavy atom. The number of aryl methyl sites for hydroxylation is 10. The van der Waals surface area contributed by atoms with Gasteiger partial charge in [0.25, 0.3) is 33.4 Å². The molecule has 0 bridgehead atoms. The molecule has 6 aromatic carbocycles. The van der Waals surface area contributed by atoms with Crippen molar-refractivity contribution in [2.75, 3.05) is 0 Å². The number of carbonyl (C=O) groups is 6. The number of aromatic amines is 6. The number of halogens is 2. The van der Waals surface area contributed by atoms with E-state index in [1.165, 1.54) is 33.5 Å². The third kappa shape index (κ3) is 27.7. The van der Waals surface area contributed by atoms with Gasteiger partial charge in [-0.25, -0.2) is 33.2 Å². The van der Waals surface area contributed by atoms with Crippen LogP contribution in [0.4, 0.5) is 4.39 Å². The van der Waals surface area contributed by atoms with E-state index in [1.54, 1.807) is 108 Å². The molecule has 13 rings (SSSR count). The van der Waals surface area contributed by atoms with Gasteiger partial charge in [0.1, 0.15) is 40.8 Å². The smallest absolute Gasteiger partial charge is 0.290 e. The Morgan fingerprint density at radius 1 is 0.285 bits per heavy atom. The van der Waals surface area contributed by atoms with E-state index in [1.807, 2.05) is 182 Å². The Kier molecular flexibility index (Phi) is 39.9. The molecule has 6 heterocycles. The Labute approximate surface area is 839 Å². The number of nitrogens with one attached hydrogen (secondary N) is 6. The molecule has 12 aromatic rings. The molecule has 30 nitrogen and oxygen atoms in total. The lowest BCUT2D eigenvalue weighted by Crippen LogP contribution is -2.38. The van der Waals surface area contributed by atoms with Crippen molar-refractivity contribution in [3.05, 3.63) is 401 Å². The molecule has 6 aromatic heterocycles. The summed E-state index contributed by atoms with van der Waals surface area (Å²) in [6.07, 6.45) is 4.45. The molecule has 32 heteroatoms. The third-order valence-corrected chi connectivity index (χ3v) is 24.4. The van der Waals surface area contributed by atoms with Gasteiger partial charge in [-0.3, -0.25) is 115 Å². The van der Waals surface area contributed by atoms with Crippen LogP contribution in [0.25, 0.3) is 0 Å². The van der Waals surface area contributed by atoms with E-state index in [0.717, 1.165) is 81.3 Å². The predicted octanol–water partition coefficient (Wildman–Crippen LogP) is 17.2. The molecule has 6 N–H and O–H groups in total. The minimum Gasteiger partial charge on any atom is -0.290 e. The topological polar surface area (TPSA) is 432 Å². The molecule has 0 amide bonds. The van der Waals surface area contributed by atoms with E-state index < -0.39 is 80.0 Å². The Bertz CT molecular complexity index is 7470. The van der Waals surface area contributed by atoms with Crippen molar-refractivity contribution in [1.82, 2.24) is 57.3 Å². The fourth-order valence-corrected chi connectivity index (χ4v) is 18.3. The van der Waals surface area contributed by atoms with Crippen molar-refractivity contribution in [2.24, 2.45) is 5.92 Å². The van der Waals surface area contributed by atoms with Crippen LogP contribution < -0.4 is 67.5 Å². The van der Waals surface area contributed by atoms with Crippen molar-refractivity contribution in [3.8, 4) is 0 Å². The number of hydrogen-bond donors (Lipinski definition) is 6. The van der Waals surface area contributed by atoms with Gasteiger partial charge in [0, 0.05) is 111 Å². The second-order valence-electron chi connectivity index (χ2n) is 38.8. The molecule has 1 aliphatic rings. The van der Waals surface area contributed by atoms with E-state index in [9.17, 15) is 90.7 Å². The van der Waals surface area contributed by atoms with Crippen LogP contribution in [0.3, 0.4) is 0 Å². The predicted molar refractivity (Wildman–Crippen MR) is 564 cm³/mol. The summed E-state index contributed by atoms with van der Waals surface area (Å²) < 4.78 is 21.2. The molecule has 0 saturated heterocycles. The fourth-order valence-electron chi connectivity index (χ4n) is 18.0. The van der Waals surface area contributed by atoms with Crippen molar-refractivity contribution in [3.63, 3.8) is 0 Å². The van der Waals surface area contributed by atoms with Gasteiger partial charge in [-0.2, -0.15) is 0 Å². The molecular formula is C112H136ClFN12O18. The number of alkyl halides is 1. The van der Waals surface area contributed by atoms with Gasteiger partial charge in [0.05, 0.1) is 0 Å². The lowest BCUT2D eigenvalue weighted by Gasteiger charge is -2.17. The zero-order valence-electron chi connectivity index (χ0n) is 87.7. The van der Waals surface area contributed by atoms with Gasteiger partial charge in [0.2, 0.25) is 34.7 Å². The van der Waals surface area contributed by atoms with Crippen LogP contribution in [0.1, 0.15) is 376 Å². The summed E-state index contributed by atoms with van der Waals surface area (Å²) in [7, 11) is 0. The monoisotopic (exact) mass is 1990 g/mol. The largest absolute Gasteiger partial charge is 0.328 e. The van der Waals surface area contributed by atoms with E-state index in [-0.39, 0.29) is 123 Å². The van der Waals surface area contributed by atoms with Gasteiger partial charge in [-0.05, 0) is 247 Å². The SMILES string of the molecule is CCCCn1c(C(=O)c2cc(C)cc(C)c2)c(C(C)C)c(=O)[nH]c1=O.CCCn1c(C(=O)c2cc(C)cc(C)c2)c(C(C)C)c(=O)[nH]c1=O.CCn1c(C(=O)c2cc(C)cc(C)c2)c(C(C)C)c(=O)[nH]c1=O.CCn1c(C(=O)c2cc(C)cc(CF)c2)c(C(C)C)c(=O)[nH]c1=O.CCn1c(C(=O)c2cc(C)cc(Cl)c2)c(C(C)C)c(=O)[nH]c1=O.Cc1cc(C)cc(C(=O)c2c(C(C)C)c(=O)[nH]c(=O)n2CC2CC2)c1. The molecule has 766 valence electrons. The highest BCUT2D eigenvalue weighted by Crippen LogP contribution is 2.33. The van der Waals surface area contributed by atoms with Gasteiger partial charge >= 0.3 is 34.1 Å². The molecule has 0 spiro atoms. The number of carbonyl (C=O) groups excluding carboxylic acids is 6. The van der Waals surface area contributed by atoms with Crippen LogP contribution in [-0.2, 0) is 45.9 Å².